The van der Waals surface area contributed by atoms with E-state index in [0.717, 1.165) is 23.4 Å². The molecule has 3 N–H and O–H groups in total. The molecule has 0 fully saturated rings. The van der Waals surface area contributed by atoms with Crippen LogP contribution in [0.5, 0.6) is 5.75 Å². The molecule has 1 aromatic carbocycles. The van der Waals surface area contributed by atoms with Gasteiger partial charge in [0, 0.05) is 18.2 Å². The maximum absolute atomic E-state index is 12.0. The van der Waals surface area contributed by atoms with Gasteiger partial charge in [0.05, 0.1) is 6.61 Å². The number of ether oxygens (including phenoxy) is 1. The smallest absolute Gasteiger partial charge is 0.225 e. The van der Waals surface area contributed by atoms with E-state index in [2.05, 4.69) is 26.1 Å². The highest BCUT2D eigenvalue weighted by molar-refractivity contribution is 5.91. The number of rotatable bonds is 6. The molecule has 0 aliphatic carbocycles. The van der Waals surface area contributed by atoms with Gasteiger partial charge in [0.15, 0.2) is 0 Å². The topological polar surface area (TPSA) is 64.3 Å². The number of anilines is 1. The molecule has 0 saturated heterocycles. The molecule has 1 atom stereocenters. The molecule has 118 valence electrons. The molecule has 0 bridgehead atoms. The van der Waals surface area contributed by atoms with E-state index < -0.39 is 0 Å². The maximum Gasteiger partial charge on any atom is 0.225 e. The van der Waals surface area contributed by atoms with Crippen molar-refractivity contribution in [3.8, 4) is 5.75 Å². The van der Waals surface area contributed by atoms with Crippen molar-refractivity contribution in [2.45, 2.75) is 53.5 Å². The minimum Gasteiger partial charge on any atom is -0.494 e. The zero-order valence-corrected chi connectivity index (χ0v) is 13.8. The predicted molar refractivity (Wildman–Crippen MR) is 87.6 cm³/mol. The van der Waals surface area contributed by atoms with Gasteiger partial charge in [0.1, 0.15) is 5.75 Å². The second-order valence-electron chi connectivity index (χ2n) is 6.69. The lowest BCUT2D eigenvalue weighted by Gasteiger charge is -2.22. The summed E-state index contributed by atoms with van der Waals surface area (Å²) >= 11 is 0. The van der Waals surface area contributed by atoms with Crippen LogP contribution < -0.4 is 15.8 Å². The van der Waals surface area contributed by atoms with E-state index in [1.54, 1.807) is 0 Å². The third-order valence-corrected chi connectivity index (χ3v) is 3.11. The zero-order chi connectivity index (χ0) is 16.0. The first-order valence-electron chi connectivity index (χ1n) is 7.50. The fraction of sp³-hybridized carbons (Fsp3) is 0.588. The van der Waals surface area contributed by atoms with Gasteiger partial charge in [-0.25, -0.2) is 0 Å². The van der Waals surface area contributed by atoms with Crippen LogP contribution in [0.3, 0.4) is 0 Å². The maximum atomic E-state index is 12.0. The molecule has 21 heavy (non-hydrogen) atoms. The predicted octanol–water partition coefficient (Wildman–Crippen LogP) is 3.49. The molecule has 4 heteroatoms. The van der Waals surface area contributed by atoms with Gasteiger partial charge in [-0.15, -0.1) is 0 Å². The van der Waals surface area contributed by atoms with Crippen LogP contribution in [-0.2, 0) is 4.79 Å². The molecule has 1 amide bonds. The highest BCUT2D eigenvalue weighted by atomic mass is 16.5. The van der Waals surface area contributed by atoms with Gasteiger partial charge >= 0.3 is 0 Å². The quantitative estimate of drug-likeness (QED) is 0.843. The van der Waals surface area contributed by atoms with Crippen molar-refractivity contribution in [3.05, 3.63) is 23.8 Å². The summed E-state index contributed by atoms with van der Waals surface area (Å²) in [4.78, 5) is 12.0. The molecule has 0 aromatic heterocycles. The molecule has 0 saturated carbocycles. The molecular weight excluding hydrogens is 264 g/mol. The Balaban J connectivity index is 2.59. The van der Waals surface area contributed by atoms with Crippen LogP contribution in [0.15, 0.2) is 18.2 Å². The van der Waals surface area contributed by atoms with E-state index in [1.807, 2.05) is 32.0 Å². The number of aryl methyl sites for hydroxylation is 1. The van der Waals surface area contributed by atoms with E-state index in [-0.39, 0.29) is 17.4 Å². The van der Waals surface area contributed by atoms with E-state index in [9.17, 15) is 4.79 Å². The lowest BCUT2D eigenvalue weighted by molar-refractivity contribution is -0.116. The first-order chi connectivity index (χ1) is 9.71. The Bertz CT molecular complexity index is 478. The number of carbonyl (C=O) groups excluding carboxylic acids is 1. The highest BCUT2D eigenvalue weighted by Crippen LogP contribution is 2.23. The molecular formula is C17H28N2O2. The van der Waals surface area contributed by atoms with Gasteiger partial charge in [0.25, 0.3) is 0 Å². The van der Waals surface area contributed by atoms with Crippen LogP contribution in [0.2, 0.25) is 0 Å². The fourth-order valence-corrected chi connectivity index (χ4v) is 2.33. The Hall–Kier alpha value is -1.55. The lowest BCUT2D eigenvalue weighted by Crippen LogP contribution is -2.31. The average molecular weight is 292 g/mol. The van der Waals surface area contributed by atoms with Crippen molar-refractivity contribution in [3.63, 3.8) is 0 Å². The normalized spacial score (nSPS) is 12.9. The summed E-state index contributed by atoms with van der Waals surface area (Å²) in [5.74, 6) is 0.774. The lowest BCUT2D eigenvalue weighted by atomic mass is 9.87. The second-order valence-corrected chi connectivity index (χ2v) is 6.69. The number of amides is 1. The summed E-state index contributed by atoms with van der Waals surface area (Å²) in [6, 6.07) is 5.54. The molecule has 1 unspecified atom stereocenters. The summed E-state index contributed by atoms with van der Waals surface area (Å²) in [6.07, 6.45) is 1.16. The molecule has 4 nitrogen and oxygen atoms in total. The van der Waals surface area contributed by atoms with Crippen LogP contribution >= 0.6 is 0 Å². The Labute approximate surface area is 128 Å². The Morgan fingerprint density at radius 1 is 1.38 bits per heavy atom. The zero-order valence-electron chi connectivity index (χ0n) is 13.8. The first kappa shape index (κ1) is 17.5. The number of carbonyl (C=O) groups is 1. The molecule has 0 spiro atoms. The standard InChI is InChI=1S/C17H28N2O2/c1-6-21-14-7-8-15(12(2)9-14)19-16(20)10-13(18)11-17(3,4)5/h7-9,13H,6,10-11,18H2,1-5H3,(H,19,20). The monoisotopic (exact) mass is 292 g/mol. The number of hydrogen-bond donors (Lipinski definition) is 2. The van der Waals surface area contributed by atoms with Crippen molar-refractivity contribution in [2.24, 2.45) is 11.1 Å². The van der Waals surface area contributed by atoms with Crippen molar-refractivity contribution in [2.75, 3.05) is 11.9 Å². The first-order valence-corrected chi connectivity index (χ1v) is 7.50. The average Bonchev–Trinajstić information content (AvgIpc) is 2.30. The van der Waals surface area contributed by atoms with Crippen LogP contribution in [0.25, 0.3) is 0 Å². The number of hydrogen-bond acceptors (Lipinski definition) is 3. The minimum absolute atomic E-state index is 0.0426. The molecule has 1 rings (SSSR count). The van der Waals surface area contributed by atoms with Gasteiger partial charge < -0.3 is 15.8 Å². The Morgan fingerprint density at radius 2 is 2.05 bits per heavy atom. The van der Waals surface area contributed by atoms with Crippen LogP contribution in [0, 0.1) is 12.3 Å². The van der Waals surface area contributed by atoms with Gasteiger partial charge in [-0.05, 0) is 49.4 Å². The van der Waals surface area contributed by atoms with Gasteiger partial charge in [-0.3, -0.25) is 4.79 Å². The highest BCUT2D eigenvalue weighted by Gasteiger charge is 2.18. The molecule has 0 radical (unpaired) electrons. The summed E-state index contributed by atoms with van der Waals surface area (Å²) < 4.78 is 5.43. The van der Waals surface area contributed by atoms with Crippen molar-refractivity contribution >= 4 is 11.6 Å². The van der Waals surface area contributed by atoms with E-state index in [1.165, 1.54) is 0 Å². The summed E-state index contributed by atoms with van der Waals surface area (Å²) in [5, 5.41) is 2.92. The van der Waals surface area contributed by atoms with Gasteiger partial charge in [-0.2, -0.15) is 0 Å². The molecule has 1 aromatic rings. The van der Waals surface area contributed by atoms with Crippen LogP contribution in [0.4, 0.5) is 5.69 Å². The van der Waals surface area contributed by atoms with Gasteiger partial charge in [0.2, 0.25) is 5.91 Å². The van der Waals surface area contributed by atoms with Crippen molar-refractivity contribution in [1.82, 2.24) is 0 Å². The van der Waals surface area contributed by atoms with Crippen LogP contribution in [0.1, 0.15) is 46.1 Å². The largest absolute Gasteiger partial charge is 0.494 e. The second kappa shape index (κ2) is 7.46. The van der Waals surface area contributed by atoms with Gasteiger partial charge in [-0.1, -0.05) is 20.8 Å². The van der Waals surface area contributed by atoms with E-state index in [4.69, 9.17) is 10.5 Å². The summed E-state index contributed by atoms with van der Waals surface area (Å²) in [5.41, 5.74) is 7.97. The number of benzene rings is 1. The van der Waals surface area contributed by atoms with E-state index in [0.29, 0.717) is 13.0 Å². The molecule has 0 aliphatic heterocycles. The Kier molecular flexibility index (Phi) is 6.21. The van der Waals surface area contributed by atoms with Crippen molar-refractivity contribution in [1.29, 1.82) is 0 Å². The molecule has 0 aliphatic rings. The fourth-order valence-electron chi connectivity index (χ4n) is 2.33. The number of nitrogens with two attached hydrogens (primary N) is 1. The minimum atomic E-state index is -0.118. The molecule has 0 heterocycles. The third-order valence-electron chi connectivity index (χ3n) is 3.11. The third kappa shape index (κ3) is 6.63. The van der Waals surface area contributed by atoms with Crippen molar-refractivity contribution < 1.29 is 9.53 Å². The summed E-state index contributed by atoms with van der Waals surface area (Å²) in [6.45, 7) is 10.9. The SMILES string of the molecule is CCOc1ccc(NC(=O)CC(N)CC(C)(C)C)c(C)c1. The van der Waals surface area contributed by atoms with E-state index >= 15 is 0 Å². The Morgan fingerprint density at radius 3 is 2.57 bits per heavy atom. The number of nitrogens with one attached hydrogen (secondary N) is 1. The summed E-state index contributed by atoms with van der Waals surface area (Å²) in [7, 11) is 0. The van der Waals surface area contributed by atoms with Crippen LogP contribution in [-0.4, -0.2) is 18.6 Å².